The van der Waals surface area contributed by atoms with Gasteiger partial charge in [0.1, 0.15) is 12.4 Å². The Balaban J connectivity index is 1.68. The highest BCUT2D eigenvalue weighted by Gasteiger charge is 2.04. The summed E-state index contributed by atoms with van der Waals surface area (Å²) in [5.41, 5.74) is 1.26. The third-order valence-electron chi connectivity index (χ3n) is 2.96. The minimum Gasteiger partial charge on any atom is -0.486 e. The quantitative estimate of drug-likeness (QED) is 0.759. The molecular formula is C17H17ClO2. The summed E-state index contributed by atoms with van der Waals surface area (Å²) in [6.45, 7) is 0.106. The second-order valence-electron chi connectivity index (χ2n) is 4.62. The predicted octanol–water partition coefficient (Wildman–Crippen LogP) is 4.31. The van der Waals surface area contributed by atoms with Crippen molar-refractivity contribution in [1.82, 2.24) is 0 Å². The lowest BCUT2D eigenvalue weighted by atomic mass is 10.1. The zero-order chi connectivity index (χ0) is 14.2. The van der Waals surface area contributed by atoms with Crippen molar-refractivity contribution in [2.45, 2.75) is 19.3 Å². The Morgan fingerprint density at radius 1 is 1.05 bits per heavy atom. The molecule has 2 aromatic rings. The first kappa shape index (κ1) is 14.6. The lowest BCUT2D eigenvalue weighted by Gasteiger charge is -2.06. The summed E-state index contributed by atoms with van der Waals surface area (Å²) >= 11 is 5.85. The molecule has 0 saturated heterocycles. The van der Waals surface area contributed by atoms with Crippen LogP contribution in [-0.2, 0) is 11.2 Å². The molecule has 0 unspecified atom stereocenters. The predicted molar refractivity (Wildman–Crippen MR) is 81.3 cm³/mol. The lowest BCUT2D eigenvalue weighted by Crippen LogP contribution is -2.11. The van der Waals surface area contributed by atoms with Gasteiger partial charge in [0.25, 0.3) is 0 Å². The first-order valence-electron chi connectivity index (χ1n) is 6.68. The van der Waals surface area contributed by atoms with E-state index in [1.165, 1.54) is 5.56 Å². The van der Waals surface area contributed by atoms with Crippen LogP contribution in [0.5, 0.6) is 5.75 Å². The Hall–Kier alpha value is -1.80. The van der Waals surface area contributed by atoms with Crippen molar-refractivity contribution >= 4 is 17.4 Å². The van der Waals surface area contributed by atoms with Gasteiger partial charge in [0, 0.05) is 11.4 Å². The molecule has 0 spiro atoms. The van der Waals surface area contributed by atoms with Crippen molar-refractivity contribution in [2.75, 3.05) is 6.61 Å². The second kappa shape index (κ2) is 7.71. The Bertz CT molecular complexity index is 552. The summed E-state index contributed by atoms with van der Waals surface area (Å²) in [4.78, 5) is 11.7. The Kier molecular flexibility index (Phi) is 5.63. The van der Waals surface area contributed by atoms with Crippen LogP contribution in [-0.4, -0.2) is 12.4 Å². The molecule has 0 radical (unpaired) electrons. The van der Waals surface area contributed by atoms with Gasteiger partial charge < -0.3 is 4.74 Å². The maximum absolute atomic E-state index is 11.7. The normalized spacial score (nSPS) is 10.2. The molecule has 2 rings (SSSR count). The highest BCUT2D eigenvalue weighted by Crippen LogP contribution is 2.17. The summed E-state index contributed by atoms with van der Waals surface area (Å²) in [6.07, 6.45) is 2.31. The maximum Gasteiger partial charge on any atom is 0.170 e. The van der Waals surface area contributed by atoms with E-state index in [0.717, 1.165) is 12.8 Å². The van der Waals surface area contributed by atoms with Gasteiger partial charge in [-0.25, -0.2) is 0 Å². The van der Waals surface area contributed by atoms with Crippen molar-refractivity contribution in [3.05, 3.63) is 65.2 Å². The summed E-state index contributed by atoms with van der Waals surface area (Å²) in [7, 11) is 0. The van der Waals surface area contributed by atoms with Crippen LogP contribution >= 0.6 is 11.6 Å². The average Bonchev–Trinajstić information content (AvgIpc) is 2.46. The van der Waals surface area contributed by atoms with Gasteiger partial charge in [-0.1, -0.05) is 48.0 Å². The van der Waals surface area contributed by atoms with E-state index in [1.807, 2.05) is 18.2 Å². The van der Waals surface area contributed by atoms with Crippen LogP contribution in [0.1, 0.15) is 18.4 Å². The van der Waals surface area contributed by atoms with Crippen LogP contribution in [0, 0.1) is 0 Å². The minimum absolute atomic E-state index is 0.106. The number of ketones is 1. The number of rotatable bonds is 7. The number of halogens is 1. The Labute approximate surface area is 124 Å². The van der Waals surface area contributed by atoms with Crippen LogP contribution in [0.3, 0.4) is 0 Å². The van der Waals surface area contributed by atoms with Crippen LogP contribution in [0.15, 0.2) is 54.6 Å². The molecular weight excluding hydrogens is 272 g/mol. The van der Waals surface area contributed by atoms with Crippen LogP contribution in [0.4, 0.5) is 0 Å². The molecule has 0 amide bonds. The Morgan fingerprint density at radius 3 is 2.60 bits per heavy atom. The van der Waals surface area contributed by atoms with Gasteiger partial charge in [0.2, 0.25) is 0 Å². The number of aryl methyl sites for hydroxylation is 1. The SMILES string of the molecule is O=C(CCCc1ccccc1)COc1cccc(Cl)c1. The Morgan fingerprint density at radius 2 is 1.85 bits per heavy atom. The van der Waals surface area contributed by atoms with Crippen LogP contribution in [0.2, 0.25) is 5.02 Å². The summed E-state index contributed by atoms with van der Waals surface area (Å²) in [5, 5.41) is 0.610. The van der Waals surface area contributed by atoms with E-state index in [0.29, 0.717) is 17.2 Å². The molecule has 0 aromatic heterocycles. The number of hydrogen-bond acceptors (Lipinski definition) is 2. The number of carbonyl (C=O) groups is 1. The zero-order valence-electron chi connectivity index (χ0n) is 11.2. The van der Waals surface area contributed by atoms with Crippen molar-refractivity contribution in [2.24, 2.45) is 0 Å². The first-order chi connectivity index (χ1) is 9.74. The zero-order valence-corrected chi connectivity index (χ0v) is 12.0. The van der Waals surface area contributed by atoms with Gasteiger partial charge in [-0.15, -0.1) is 0 Å². The number of Topliss-reactive ketones (excluding diaryl/α,β-unsaturated/α-hetero) is 1. The van der Waals surface area contributed by atoms with E-state index >= 15 is 0 Å². The molecule has 3 heteroatoms. The molecule has 0 aliphatic rings. The third-order valence-corrected chi connectivity index (χ3v) is 3.19. The summed E-state index contributed by atoms with van der Waals surface area (Å²) < 4.78 is 5.42. The van der Waals surface area contributed by atoms with E-state index < -0.39 is 0 Å². The fraction of sp³-hybridized carbons (Fsp3) is 0.235. The van der Waals surface area contributed by atoms with E-state index in [2.05, 4.69) is 12.1 Å². The van der Waals surface area contributed by atoms with Crippen LogP contribution < -0.4 is 4.74 Å². The van der Waals surface area contributed by atoms with Gasteiger partial charge in [-0.3, -0.25) is 4.79 Å². The second-order valence-corrected chi connectivity index (χ2v) is 5.06. The van der Waals surface area contributed by atoms with E-state index in [9.17, 15) is 4.79 Å². The van der Waals surface area contributed by atoms with Crippen molar-refractivity contribution in [3.8, 4) is 5.75 Å². The van der Waals surface area contributed by atoms with E-state index in [1.54, 1.807) is 24.3 Å². The van der Waals surface area contributed by atoms with Crippen molar-refractivity contribution in [3.63, 3.8) is 0 Å². The molecule has 0 saturated carbocycles. The molecule has 0 heterocycles. The molecule has 2 nitrogen and oxygen atoms in total. The van der Waals surface area contributed by atoms with Gasteiger partial charge in [0.15, 0.2) is 5.78 Å². The number of carbonyl (C=O) groups excluding carboxylic acids is 1. The third kappa shape index (κ3) is 5.06. The molecule has 0 aliphatic heterocycles. The van der Waals surface area contributed by atoms with Gasteiger partial charge in [-0.2, -0.15) is 0 Å². The van der Waals surface area contributed by atoms with Gasteiger partial charge in [-0.05, 0) is 36.6 Å². The lowest BCUT2D eigenvalue weighted by molar-refractivity contribution is -0.121. The smallest absolute Gasteiger partial charge is 0.170 e. The van der Waals surface area contributed by atoms with Gasteiger partial charge in [0.05, 0.1) is 0 Å². The summed E-state index contributed by atoms with van der Waals surface area (Å²) in [5.74, 6) is 0.745. The van der Waals surface area contributed by atoms with E-state index in [-0.39, 0.29) is 12.4 Å². The highest BCUT2D eigenvalue weighted by molar-refractivity contribution is 6.30. The number of hydrogen-bond donors (Lipinski definition) is 0. The number of ether oxygens (including phenoxy) is 1. The molecule has 0 fully saturated rings. The molecule has 0 atom stereocenters. The maximum atomic E-state index is 11.7. The molecule has 2 aromatic carbocycles. The van der Waals surface area contributed by atoms with Crippen molar-refractivity contribution in [1.29, 1.82) is 0 Å². The topological polar surface area (TPSA) is 26.3 Å². The summed E-state index contributed by atoms with van der Waals surface area (Å²) in [6, 6.07) is 17.3. The monoisotopic (exact) mass is 288 g/mol. The van der Waals surface area contributed by atoms with Crippen LogP contribution in [0.25, 0.3) is 0 Å². The molecule has 104 valence electrons. The molecule has 0 aliphatic carbocycles. The average molecular weight is 289 g/mol. The van der Waals surface area contributed by atoms with E-state index in [4.69, 9.17) is 16.3 Å². The first-order valence-corrected chi connectivity index (χ1v) is 7.06. The molecule has 20 heavy (non-hydrogen) atoms. The highest BCUT2D eigenvalue weighted by atomic mass is 35.5. The number of benzene rings is 2. The molecule has 0 N–H and O–H groups in total. The van der Waals surface area contributed by atoms with Crippen molar-refractivity contribution < 1.29 is 9.53 Å². The largest absolute Gasteiger partial charge is 0.486 e. The standard InChI is InChI=1S/C17H17ClO2/c18-15-9-5-11-17(12-15)20-13-16(19)10-4-8-14-6-2-1-3-7-14/h1-3,5-7,9,11-12H,4,8,10,13H2. The molecule has 0 bridgehead atoms. The fourth-order valence-electron chi connectivity index (χ4n) is 1.93. The minimum atomic E-state index is 0.106. The fourth-order valence-corrected chi connectivity index (χ4v) is 2.11. The van der Waals surface area contributed by atoms with Gasteiger partial charge >= 0.3 is 0 Å².